The fourth-order valence-corrected chi connectivity index (χ4v) is 4.06. The van der Waals surface area contributed by atoms with Crippen LogP contribution in [-0.2, 0) is 0 Å². The maximum Gasteiger partial charge on any atom is 0.349 e. The number of H-pyrrole nitrogens is 1. The number of anilines is 1. The fraction of sp³-hybridized carbons (Fsp3) is 0.615. The van der Waals surface area contributed by atoms with E-state index in [1.807, 2.05) is 24.8 Å². The molecule has 2 heterocycles. The highest BCUT2D eigenvalue weighted by Crippen LogP contribution is 2.31. The van der Waals surface area contributed by atoms with Gasteiger partial charge < -0.3 is 5.32 Å². The number of nitrogens with one attached hydrogen (secondary N) is 2. The van der Waals surface area contributed by atoms with E-state index in [0.29, 0.717) is 22.8 Å². The maximum atomic E-state index is 11.6. The first-order valence-electron chi connectivity index (χ1n) is 7.02. The van der Waals surface area contributed by atoms with Gasteiger partial charge in [-0.05, 0) is 25.5 Å². The first-order valence-corrected chi connectivity index (χ1v) is 8.07. The molecule has 7 heteroatoms. The smallest absolute Gasteiger partial charge is 0.349 e. The number of fused-ring (bicyclic) bond motifs is 1. The molecule has 108 valence electrons. The number of rotatable bonds is 4. The molecule has 3 rings (SSSR count). The molecule has 1 fully saturated rings. The van der Waals surface area contributed by atoms with Crippen LogP contribution >= 0.6 is 11.8 Å². The molecule has 0 bridgehead atoms. The van der Waals surface area contributed by atoms with Crippen molar-refractivity contribution in [2.24, 2.45) is 0 Å². The minimum absolute atomic E-state index is 0.239. The molecule has 0 spiro atoms. The average Bonchev–Trinajstić information content (AvgIpc) is 2.98. The van der Waals surface area contributed by atoms with Crippen molar-refractivity contribution < 1.29 is 0 Å². The van der Waals surface area contributed by atoms with E-state index in [2.05, 4.69) is 27.4 Å². The molecule has 2 N–H and O–H groups in total. The van der Waals surface area contributed by atoms with Crippen molar-refractivity contribution in [1.29, 1.82) is 0 Å². The number of hydrogen-bond donors (Lipinski definition) is 2. The Labute approximate surface area is 121 Å². The molecule has 1 aliphatic carbocycles. The topological polar surface area (TPSA) is 75.1 Å². The molecule has 2 aromatic rings. The van der Waals surface area contributed by atoms with E-state index in [9.17, 15) is 4.79 Å². The normalized spacial score (nSPS) is 22.5. The number of thioether (sulfide) groups is 1. The standard InChI is InChI=1S/C13H19N5OS/c1-3-20-10-6-4-5-9(10)15-11-7-12-16-17-13(19)18(12)8(2)14-11/h7,9-10,15H,3-6H2,1-2H3,(H,17,19). The Morgan fingerprint density at radius 1 is 1.55 bits per heavy atom. The van der Waals surface area contributed by atoms with Crippen LogP contribution in [0.4, 0.5) is 5.82 Å². The Kier molecular flexibility index (Phi) is 3.69. The molecule has 20 heavy (non-hydrogen) atoms. The number of aromatic nitrogens is 4. The molecular weight excluding hydrogens is 274 g/mol. The van der Waals surface area contributed by atoms with E-state index in [1.54, 1.807) is 0 Å². The third kappa shape index (κ3) is 2.42. The molecule has 0 radical (unpaired) electrons. The van der Waals surface area contributed by atoms with Gasteiger partial charge in [-0.2, -0.15) is 16.9 Å². The lowest BCUT2D eigenvalue weighted by Crippen LogP contribution is -2.27. The maximum absolute atomic E-state index is 11.6. The van der Waals surface area contributed by atoms with E-state index in [0.717, 1.165) is 11.6 Å². The van der Waals surface area contributed by atoms with E-state index in [4.69, 9.17) is 0 Å². The lowest BCUT2D eigenvalue weighted by atomic mass is 10.2. The molecule has 2 unspecified atom stereocenters. The van der Waals surface area contributed by atoms with Gasteiger partial charge in [-0.15, -0.1) is 0 Å². The van der Waals surface area contributed by atoms with E-state index >= 15 is 0 Å². The van der Waals surface area contributed by atoms with Crippen molar-refractivity contribution in [3.8, 4) is 0 Å². The van der Waals surface area contributed by atoms with Crippen molar-refractivity contribution in [3.05, 3.63) is 22.4 Å². The first-order chi connectivity index (χ1) is 9.69. The van der Waals surface area contributed by atoms with Gasteiger partial charge in [0.25, 0.3) is 0 Å². The summed E-state index contributed by atoms with van der Waals surface area (Å²) in [7, 11) is 0. The van der Waals surface area contributed by atoms with Crippen molar-refractivity contribution in [1.82, 2.24) is 19.6 Å². The lowest BCUT2D eigenvalue weighted by molar-refractivity contribution is 0.759. The van der Waals surface area contributed by atoms with Gasteiger partial charge in [0.1, 0.15) is 11.6 Å². The fourth-order valence-electron chi connectivity index (χ4n) is 2.87. The molecule has 1 aliphatic rings. The second-order valence-electron chi connectivity index (χ2n) is 5.09. The minimum Gasteiger partial charge on any atom is -0.366 e. The quantitative estimate of drug-likeness (QED) is 0.899. The lowest BCUT2D eigenvalue weighted by Gasteiger charge is -2.20. The molecule has 0 amide bonds. The van der Waals surface area contributed by atoms with Gasteiger partial charge in [-0.1, -0.05) is 13.3 Å². The number of nitrogens with zero attached hydrogens (tertiary/aromatic N) is 3. The van der Waals surface area contributed by atoms with Gasteiger partial charge in [0.15, 0.2) is 5.65 Å². The van der Waals surface area contributed by atoms with Crippen molar-refractivity contribution >= 4 is 23.2 Å². The van der Waals surface area contributed by atoms with Crippen LogP contribution in [0.1, 0.15) is 32.0 Å². The minimum atomic E-state index is -0.239. The van der Waals surface area contributed by atoms with Gasteiger partial charge in [-0.25, -0.2) is 19.3 Å². The van der Waals surface area contributed by atoms with Crippen molar-refractivity contribution in [2.75, 3.05) is 11.1 Å². The molecule has 0 aliphatic heterocycles. The van der Waals surface area contributed by atoms with Gasteiger partial charge in [0, 0.05) is 17.4 Å². The van der Waals surface area contributed by atoms with Crippen LogP contribution in [-0.4, -0.2) is 36.6 Å². The molecule has 2 atom stereocenters. The third-order valence-corrected chi connectivity index (χ3v) is 5.06. The number of hydrogen-bond acceptors (Lipinski definition) is 5. The Bertz CT molecular complexity index is 664. The molecule has 0 aromatic carbocycles. The second-order valence-corrected chi connectivity index (χ2v) is 6.60. The SMILES string of the molecule is CCSC1CCCC1Nc1cc2n[nH]c(=O)n2c(C)n1. The predicted molar refractivity (Wildman–Crippen MR) is 81.5 cm³/mol. The Morgan fingerprint density at radius 3 is 3.20 bits per heavy atom. The van der Waals surface area contributed by atoms with Gasteiger partial charge in [0.2, 0.25) is 0 Å². The molecular formula is C13H19N5OS. The van der Waals surface area contributed by atoms with Crippen molar-refractivity contribution in [2.45, 2.75) is 44.4 Å². The van der Waals surface area contributed by atoms with Crippen LogP contribution in [0.15, 0.2) is 10.9 Å². The van der Waals surface area contributed by atoms with Crippen LogP contribution in [0, 0.1) is 6.92 Å². The van der Waals surface area contributed by atoms with Crippen LogP contribution in [0.2, 0.25) is 0 Å². The number of aromatic amines is 1. The third-order valence-electron chi connectivity index (χ3n) is 3.74. The summed E-state index contributed by atoms with van der Waals surface area (Å²) in [5.41, 5.74) is 0.375. The summed E-state index contributed by atoms with van der Waals surface area (Å²) < 4.78 is 1.48. The zero-order chi connectivity index (χ0) is 14.1. The summed E-state index contributed by atoms with van der Waals surface area (Å²) in [6.45, 7) is 4.02. The summed E-state index contributed by atoms with van der Waals surface area (Å²) in [5.74, 6) is 2.60. The largest absolute Gasteiger partial charge is 0.366 e. The monoisotopic (exact) mass is 293 g/mol. The second kappa shape index (κ2) is 5.47. The zero-order valence-corrected chi connectivity index (χ0v) is 12.5. The number of aryl methyl sites for hydroxylation is 1. The average molecular weight is 293 g/mol. The van der Waals surface area contributed by atoms with Crippen LogP contribution < -0.4 is 11.0 Å². The summed E-state index contributed by atoms with van der Waals surface area (Å²) in [6, 6.07) is 2.29. The summed E-state index contributed by atoms with van der Waals surface area (Å²) >= 11 is 2.01. The summed E-state index contributed by atoms with van der Waals surface area (Å²) in [6.07, 6.45) is 3.70. The van der Waals surface area contributed by atoms with Gasteiger partial charge >= 0.3 is 5.69 Å². The van der Waals surface area contributed by atoms with E-state index in [1.165, 1.54) is 23.7 Å². The molecule has 1 saturated carbocycles. The highest BCUT2D eigenvalue weighted by Gasteiger charge is 2.27. The predicted octanol–water partition coefficient (Wildman–Crippen LogP) is 1.81. The van der Waals surface area contributed by atoms with Crippen LogP contribution in [0.3, 0.4) is 0 Å². The summed E-state index contributed by atoms with van der Waals surface area (Å²) in [4.78, 5) is 16.0. The highest BCUT2D eigenvalue weighted by atomic mass is 32.2. The van der Waals surface area contributed by atoms with Crippen molar-refractivity contribution in [3.63, 3.8) is 0 Å². The Balaban J connectivity index is 1.85. The molecule has 0 saturated heterocycles. The first kappa shape index (κ1) is 13.5. The molecule has 2 aromatic heterocycles. The zero-order valence-electron chi connectivity index (χ0n) is 11.7. The van der Waals surface area contributed by atoms with E-state index in [-0.39, 0.29) is 5.69 Å². The summed E-state index contributed by atoms with van der Waals surface area (Å²) in [5, 5.41) is 10.6. The molecule has 6 nitrogen and oxygen atoms in total. The van der Waals surface area contributed by atoms with Gasteiger partial charge in [-0.3, -0.25) is 0 Å². The van der Waals surface area contributed by atoms with E-state index < -0.39 is 0 Å². The van der Waals surface area contributed by atoms with Crippen LogP contribution in [0.25, 0.3) is 5.65 Å². The Hall–Kier alpha value is -1.50. The highest BCUT2D eigenvalue weighted by molar-refractivity contribution is 7.99. The van der Waals surface area contributed by atoms with Gasteiger partial charge in [0.05, 0.1) is 0 Å². The van der Waals surface area contributed by atoms with Crippen LogP contribution in [0.5, 0.6) is 0 Å². The Morgan fingerprint density at radius 2 is 2.40 bits per heavy atom.